The van der Waals surface area contributed by atoms with Gasteiger partial charge in [-0.25, -0.2) is 0 Å². The zero-order chi connectivity index (χ0) is 21.7. The first-order valence-electron chi connectivity index (χ1n) is 10.3. The predicted molar refractivity (Wildman–Crippen MR) is 109 cm³/mol. The number of fused-ring (bicyclic) bond motifs is 1. The van der Waals surface area contributed by atoms with Crippen molar-refractivity contribution >= 4 is 5.97 Å². The molecular weight excluding hydrogens is 386 g/mol. The molecule has 2 aromatic rings. The summed E-state index contributed by atoms with van der Waals surface area (Å²) in [5.74, 6) is 1.10. The summed E-state index contributed by atoms with van der Waals surface area (Å²) in [6.07, 6.45) is -0.128. The average Bonchev–Trinajstić information content (AvgIpc) is 2.74. The molecule has 0 spiro atoms. The zero-order valence-corrected chi connectivity index (χ0v) is 17.9. The number of quaternary nitrogens is 1. The van der Waals surface area contributed by atoms with Gasteiger partial charge in [-0.3, -0.25) is 0 Å². The molecule has 2 aromatic carbocycles. The van der Waals surface area contributed by atoms with E-state index < -0.39 is 12.1 Å². The summed E-state index contributed by atoms with van der Waals surface area (Å²) >= 11 is 0. The fourth-order valence-corrected chi connectivity index (χ4v) is 3.72. The van der Waals surface area contributed by atoms with Crippen LogP contribution in [0.5, 0.6) is 23.0 Å². The molecule has 1 aliphatic heterocycles. The lowest BCUT2D eigenvalue weighted by Crippen LogP contribution is -2.87. The molecule has 0 bridgehead atoms. The number of carbonyl (C=O) groups is 1. The fourth-order valence-electron chi connectivity index (χ4n) is 3.72. The number of rotatable bonds is 9. The van der Waals surface area contributed by atoms with E-state index in [0.29, 0.717) is 24.7 Å². The number of carboxylic acid groups (broad SMARTS) is 1. The molecule has 0 radical (unpaired) electrons. The van der Waals surface area contributed by atoms with Crippen LogP contribution in [-0.2, 0) is 11.2 Å². The first-order valence-corrected chi connectivity index (χ1v) is 10.3. The molecule has 0 aromatic heterocycles. The molecule has 0 fully saturated rings. The van der Waals surface area contributed by atoms with Gasteiger partial charge in [0.15, 0.2) is 23.0 Å². The first-order chi connectivity index (χ1) is 14.5. The van der Waals surface area contributed by atoms with Crippen LogP contribution in [-0.4, -0.2) is 38.9 Å². The normalized spacial score (nSPS) is 16.3. The van der Waals surface area contributed by atoms with Crippen LogP contribution in [0.3, 0.4) is 0 Å². The lowest BCUT2D eigenvalue weighted by Gasteiger charge is -2.26. The van der Waals surface area contributed by atoms with Crippen LogP contribution in [0, 0.1) is 0 Å². The number of hydrogen-bond acceptors (Lipinski definition) is 6. The Hall–Kier alpha value is -2.93. The summed E-state index contributed by atoms with van der Waals surface area (Å²) < 4.78 is 22.5. The molecule has 2 atom stereocenters. The van der Waals surface area contributed by atoms with Gasteiger partial charge >= 0.3 is 0 Å². The molecule has 0 amide bonds. The highest BCUT2D eigenvalue weighted by Crippen LogP contribution is 2.38. The second-order valence-electron chi connectivity index (χ2n) is 7.11. The predicted octanol–water partition coefficient (Wildman–Crippen LogP) is 1.22. The Balaban J connectivity index is 1.97. The third kappa shape index (κ3) is 4.62. The van der Waals surface area contributed by atoms with Crippen molar-refractivity contribution in [3.63, 3.8) is 0 Å². The van der Waals surface area contributed by atoms with Crippen molar-refractivity contribution in [2.75, 3.05) is 26.9 Å². The number of ether oxygens (including phenoxy) is 4. The molecule has 0 saturated heterocycles. The fraction of sp³-hybridized carbons (Fsp3) is 0.435. The van der Waals surface area contributed by atoms with Crippen LogP contribution in [0.25, 0.3) is 0 Å². The SMILES string of the molecule is CCOc1cc2c(cc1OCC)[C@H](c1ccc(O[C@H](C)C(=O)[O-])c(OC)c1)[NH2+]CC2. The van der Waals surface area contributed by atoms with Gasteiger partial charge in [0.25, 0.3) is 0 Å². The van der Waals surface area contributed by atoms with Crippen molar-refractivity contribution in [3.05, 3.63) is 47.0 Å². The van der Waals surface area contributed by atoms with Crippen LogP contribution in [0.1, 0.15) is 43.5 Å². The van der Waals surface area contributed by atoms with E-state index in [4.69, 9.17) is 18.9 Å². The highest BCUT2D eigenvalue weighted by molar-refractivity contribution is 5.70. The van der Waals surface area contributed by atoms with E-state index in [2.05, 4.69) is 17.4 Å². The molecule has 2 N–H and O–H groups in total. The van der Waals surface area contributed by atoms with Gasteiger partial charge in [0.05, 0.1) is 32.8 Å². The summed E-state index contributed by atoms with van der Waals surface area (Å²) in [6.45, 7) is 7.43. The van der Waals surface area contributed by atoms with E-state index in [1.807, 2.05) is 26.0 Å². The number of carboxylic acids is 1. The van der Waals surface area contributed by atoms with Gasteiger partial charge in [0.1, 0.15) is 12.1 Å². The summed E-state index contributed by atoms with van der Waals surface area (Å²) in [7, 11) is 1.54. The second kappa shape index (κ2) is 9.71. The van der Waals surface area contributed by atoms with Crippen LogP contribution < -0.4 is 29.4 Å². The Morgan fingerprint density at radius 3 is 2.43 bits per heavy atom. The highest BCUT2D eigenvalue weighted by atomic mass is 16.5. The van der Waals surface area contributed by atoms with Gasteiger partial charge in [-0.1, -0.05) is 0 Å². The molecule has 7 heteroatoms. The first kappa shape index (κ1) is 21.8. The van der Waals surface area contributed by atoms with Crippen molar-refractivity contribution in [2.45, 2.75) is 39.3 Å². The second-order valence-corrected chi connectivity index (χ2v) is 7.11. The number of nitrogens with two attached hydrogens (primary N) is 1. The van der Waals surface area contributed by atoms with E-state index in [9.17, 15) is 9.90 Å². The summed E-state index contributed by atoms with van der Waals surface area (Å²) in [4.78, 5) is 11.0. The summed E-state index contributed by atoms with van der Waals surface area (Å²) in [6, 6.07) is 9.79. The monoisotopic (exact) mass is 415 g/mol. The van der Waals surface area contributed by atoms with E-state index >= 15 is 0 Å². The van der Waals surface area contributed by atoms with Crippen molar-refractivity contribution < 1.29 is 34.2 Å². The van der Waals surface area contributed by atoms with E-state index in [-0.39, 0.29) is 6.04 Å². The lowest BCUT2D eigenvalue weighted by molar-refractivity contribution is -0.690. The summed E-state index contributed by atoms with van der Waals surface area (Å²) in [5, 5.41) is 13.3. The third-order valence-electron chi connectivity index (χ3n) is 5.14. The van der Waals surface area contributed by atoms with Crippen molar-refractivity contribution in [2.24, 2.45) is 0 Å². The Bertz CT molecular complexity index is 898. The minimum atomic E-state index is -1.27. The maximum absolute atomic E-state index is 11.0. The molecule has 3 rings (SSSR count). The maximum Gasteiger partial charge on any atom is 0.162 e. The van der Waals surface area contributed by atoms with Crippen LogP contribution in [0.4, 0.5) is 0 Å². The Morgan fingerprint density at radius 1 is 1.10 bits per heavy atom. The van der Waals surface area contributed by atoms with E-state index in [0.717, 1.165) is 30.0 Å². The molecule has 0 aliphatic carbocycles. The van der Waals surface area contributed by atoms with Gasteiger partial charge in [-0.15, -0.1) is 0 Å². The Kier molecular flexibility index (Phi) is 7.05. The third-order valence-corrected chi connectivity index (χ3v) is 5.14. The number of benzene rings is 2. The van der Waals surface area contributed by atoms with Crippen molar-refractivity contribution in [3.8, 4) is 23.0 Å². The summed E-state index contributed by atoms with van der Waals surface area (Å²) in [5.41, 5.74) is 3.44. The molecule has 0 saturated carbocycles. The Labute approximate surface area is 176 Å². The van der Waals surface area contributed by atoms with Gasteiger partial charge in [-0.2, -0.15) is 0 Å². The molecule has 30 heavy (non-hydrogen) atoms. The van der Waals surface area contributed by atoms with Crippen LogP contribution >= 0.6 is 0 Å². The van der Waals surface area contributed by atoms with Gasteiger partial charge in [0.2, 0.25) is 0 Å². The molecule has 7 nitrogen and oxygen atoms in total. The molecular formula is C23H29NO6. The van der Waals surface area contributed by atoms with Crippen molar-refractivity contribution in [1.29, 1.82) is 0 Å². The quantitative estimate of drug-likeness (QED) is 0.662. The molecule has 1 aliphatic rings. The van der Waals surface area contributed by atoms with E-state index in [1.165, 1.54) is 25.2 Å². The lowest BCUT2D eigenvalue weighted by atomic mass is 9.89. The molecule has 1 heterocycles. The number of carbonyl (C=O) groups excluding carboxylic acids is 1. The van der Waals surface area contributed by atoms with Crippen molar-refractivity contribution in [1.82, 2.24) is 0 Å². The standard InChI is InChI=1S/C23H29NO6/c1-5-28-20-11-15-9-10-24-22(17(15)13-21(20)29-6-2)16-7-8-18(19(12-16)27-4)30-14(3)23(25)26/h7-8,11-14,22,24H,5-6,9-10H2,1-4H3,(H,25,26)/t14-,22+/m1/s1. The van der Waals surface area contributed by atoms with Gasteiger partial charge in [-0.05, 0) is 56.7 Å². The van der Waals surface area contributed by atoms with Crippen LogP contribution in [0.15, 0.2) is 30.3 Å². The smallest absolute Gasteiger partial charge is 0.162 e. The minimum Gasteiger partial charge on any atom is -0.546 e. The maximum atomic E-state index is 11.0. The van der Waals surface area contributed by atoms with E-state index in [1.54, 1.807) is 6.07 Å². The zero-order valence-electron chi connectivity index (χ0n) is 17.9. The highest BCUT2D eigenvalue weighted by Gasteiger charge is 2.28. The largest absolute Gasteiger partial charge is 0.546 e. The Morgan fingerprint density at radius 2 is 1.80 bits per heavy atom. The molecule has 162 valence electrons. The number of aliphatic carboxylic acids is 1. The van der Waals surface area contributed by atoms with Gasteiger partial charge < -0.3 is 34.2 Å². The number of methoxy groups -OCH3 is 1. The van der Waals surface area contributed by atoms with Crippen LogP contribution in [0.2, 0.25) is 0 Å². The van der Waals surface area contributed by atoms with Gasteiger partial charge in [0, 0.05) is 17.5 Å². The average molecular weight is 415 g/mol. The minimum absolute atomic E-state index is 0.0603. The number of hydrogen-bond donors (Lipinski definition) is 1. The molecule has 0 unspecified atom stereocenters. The topological polar surface area (TPSA) is 93.7 Å².